The van der Waals surface area contributed by atoms with Gasteiger partial charge in [-0.3, -0.25) is 14.5 Å². The van der Waals surface area contributed by atoms with E-state index in [2.05, 4.69) is 20.4 Å². The zero-order chi connectivity index (χ0) is 25.8. The molecule has 0 aliphatic carbocycles. The molecular formula is C23H19N5O6S2. The lowest BCUT2D eigenvalue weighted by molar-refractivity contribution is 0.491. The fourth-order valence-electron chi connectivity index (χ4n) is 3.43. The lowest BCUT2D eigenvalue weighted by Gasteiger charge is -2.27. The van der Waals surface area contributed by atoms with Gasteiger partial charge in [0.25, 0.3) is 26.2 Å². The van der Waals surface area contributed by atoms with Crippen LogP contribution in [0.2, 0.25) is 0 Å². The molecule has 3 aromatic carbocycles. The van der Waals surface area contributed by atoms with Crippen molar-refractivity contribution in [2.24, 2.45) is 0 Å². The summed E-state index contributed by atoms with van der Waals surface area (Å²) in [7, 11) is -10.4. The first-order valence-corrected chi connectivity index (χ1v) is 13.1. The summed E-state index contributed by atoms with van der Waals surface area (Å²) in [5, 5.41) is 1.30. The van der Waals surface area contributed by atoms with Crippen LogP contribution in [0.25, 0.3) is 9.81 Å². The largest absolute Gasteiger partial charge is 0.296 e. The van der Waals surface area contributed by atoms with Crippen LogP contribution in [0.3, 0.4) is 0 Å². The van der Waals surface area contributed by atoms with Gasteiger partial charge >= 0.3 is 0 Å². The van der Waals surface area contributed by atoms with Crippen LogP contribution in [-0.2, 0) is 20.2 Å². The smallest absolute Gasteiger partial charge is 0.291 e. The quantitative estimate of drug-likeness (QED) is 0.175. The van der Waals surface area contributed by atoms with Gasteiger partial charge in [-0.2, -0.15) is 26.8 Å². The fourth-order valence-corrected chi connectivity index (χ4v) is 5.65. The van der Waals surface area contributed by atoms with Crippen LogP contribution in [0.5, 0.6) is 0 Å². The second-order valence-corrected chi connectivity index (χ2v) is 9.96. The first-order chi connectivity index (χ1) is 17.2. The third kappa shape index (κ3) is 5.55. The second kappa shape index (κ2) is 10.2. The fraction of sp³-hybridized carbons (Fsp3) is 0. The summed E-state index contributed by atoms with van der Waals surface area (Å²) < 4.78 is 70.7. The van der Waals surface area contributed by atoms with Gasteiger partial charge in [0.15, 0.2) is 0 Å². The van der Waals surface area contributed by atoms with Crippen molar-refractivity contribution in [3.8, 4) is 0 Å². The third-order valence-corrected chi connectivity index (χ3v) is 6.87. The predicted octanol–water partition coefficient (Wildman–Crippen LogP) is 3.64. The molecule has 0 fully saturated rings. The van der Waals surface area contributed by atoms with E-state index in [4.69, 9.17) is 0 Å². The van der Waals surface area contributed by atoms with E-state index in [9.17, 15) is 25.9 Å². The van der Waals surface area contributed by atoms with E-state index in [-0.39, 0.29) is 22.8 Å². The lowest BCUT2D eigenvalue weighted by atomic mass is 10.1. The highest BCUT2D eigenvalue weighted by Gasteiger charge is 2.33. The minimum Gasteiger partial charge on any atom is -0.291 e. The topological polar surface area (TPSA) is 163 Å². The molecule has 0 atom stereocenters. The number of anilines is 3. The van der Waals surface area contributed by atoms with Crippen molar-refractivity contribution in [1.82, 2.24) is 15.0 Å². The molecule has 13 heteroatoms. The first kappa shape index (κ1) is 24.9. The predicted molar refractivity (Wildman–Crippen MR) is 135 cm³/mol. The Morgan fingerprint density at radius 1 is 0.694 bits per heavy atom. The Labute approximate surface area is 207 Å². The van der Waals surface area contributed by atoms with Crippen LogP contribution in [0, 0.1) is 0 Å². The molecule has 0 bridgehead atoms. The number of hydrazine groups is 1. The number of aromatic nitrogens is 3. The minimum atomic E-state index is -5.23. The van der Waals surface area contributed by atoms with E-state index in [1.165, 1.54) is 60.1 Å². The monoisotopic (exact) mass is 525 g/mol. The van der Waals surface area contributed by atoms with Crippen LogP contribution < -0.4 is 10.4 Å². The summed E-state index contributed by atoms with van der Waals surface area (Å²) in [6.45, 7) is 0. The van der Waals surface area contributed by atoms with Crippen molar-refractivity contribution in [3.05, 3.63) is 109 Å². The van der Waals surface area contributed by atoms with Gasteiger partial charge in [-0.05, 0) is 23.8 Å². The zero-order valence-electron chi connectivity index (χ0n) is 18.4. The summed E-state index contributed by atoms with van der Waals surface area (Å²) in [6.07, 6.45) is 2.44. The number of rotatable bonds is 8. The molecule has 0 amide bonds. The molecule has 4 aromatic rings. The van der Waals surface area contributed by atoms with Gasteiger partial charge in [0.05, 0.1) is 11.4 Å². The van der Waals surface area contributed by atoms with E-state index < -0.39 is 30.0 Å². The average molecular weight is 526 g/mol. The molecule has 0 aliphatic heterocycles. The molecule has 1 aromatic heterocycles. The molecule has 4 rings (SSSR count). The van der Waals surface area contributed by atoms with Crippen LogP contribution in [0.15, 0.2) is 97.6 Å². The summed E-state index contributed by atoms with van der Waals surface area (Å²) in [5.41, 5.74) is 3.26. The average Bonchev–Trinajstić information content (AvgIpc) is 2.86. The molecule has 0 saturated carbocycles. The molecule has 11 nitrogen and oxygen atoms in total. The Balaban J connectivity index is 2.06. The van der Waals surface area contributed by atoms with Crippen molar-refractivity contribution >= 4 is 47.4 Å². The van der Waals surface area contributed by atoms with Crippen molar-refractivity contribution in [2.45, 2.75) is 0 Å². The molecule has 0 unspecified atom stereocenters. The van der Waals surface area contributed by atoms with Gasteiger partial charge in [0.2, 0.25) is 0 Å². The first-order valence-electron chi connectivity index (χ1n) is 10.2. The number of hydrogen-bond acceptors (Lipinski definition) is 9. The number of nitrogens with zero attached hydrogens (tertiary/aromatic N) is 4. The Bertz CT molecular complexity index is 1600. The number of para-hydroxylation sites is 2. The van der Waals surface area contributed by atoms with Crippen molar-refractivity contribution < 1.29 is 25.9 Å². The van der Waals surface area contributed by atoms with Crippen LogP contribution in [-0.4, -0.2) is 40.9 Å². The van der Waals surface area contributed by atoms with Gasteiger partial charge in [0, 0.05) is 5.56 Å². The maximum absolute atomic E-state index is 12.7. The Hall–Kier alpha value is -4.17. The number of hydrogen-bond donors (Lipinski definition) is 3. The van der Waals surface area contributed by atoms with Crippen LogP contribution >= 0.6 is 0 Å². The summed E-state index contributed by atoms with van der Waals surface area (Å²) in [6, 6.07) is 21.6. The SMILES string of the molecule is O=S(=O)(O)C(=C(c1ccccc1N(Nc1ccccc1)c1ncncn1)S(=O)(=O)O)c1ccccc1. The minimum absolute atomic E-state index is 0.0316. The molecule has 1 heterocycles. The van der Waals surface area contributed by atoms with Gasteiger partial charge in [-0.1, -0.05) is 66.7 Å². The summed E-state index contributed by atoms with van der Waals surface area (Å²) in [4.78, 5) is 10.00. The van der Waals surface area contributed by atoms with Gasteiger partial charge in [0.1, 0.15) is 22.5 Å². The molecule has 3 N–H and O–H groups in total. The molecule has 36 heavy (non-hydrogen) atoms. The summed E-state index contributed by atoms with van der Waals surface area (Å²) >= 11 is 0. The molecule has 0 spiro atoms. The van der Waals surface area contributed by atoms with E-state index in [1.54, 1.807) is 42.5 Å². The second-order valence-electron chi connectivity index (χ2n) is 7.24. The number of nitrogens with one attached hydrogen (secondary N) is 1. The maximum atomic E-state index is 12.7. The standard InChI is InChI=1S/C23H19N5O6S2/c29-35(30,31)21(17-9-3-1-4-10-17)22(36(32,33)34)19-13-7-8-14-20(19)28(23-25-15-24-16-26-23)27-18-11-5-2-6-12-18/h1-16,27H,(H,29,30,31)(H,32,33,34). The summed E-state index contributed by atoms with van der Waals surface area (Å²) in [5.74, 6) is 0.0316. The van der Waals surface area contributed by atoms with Crippen molar-refractivity contribution in [2.75, 3.05) is 10.4 Å². The highest BCUT2D eigenvalue weighted by Crippen LogP contribution is 2.39. The normalized spacial score (nSPS) is 12.5. The van der Waals surface area contributed by atoms with Gasteiger partial charge in [-0.15, -0.1) is 0 Å². The van der Waals surface area contributed by atoms with Crippen molar-refractivity contribution in [1.29, 1.82) is 0 Å². The maximum Gasteiger partial charge on any atom is 0.296 e. The van der Waals surface area contributed by atoms with E-state index >= 15 is 0 Å². The van der Waals surface area contributed by atoms with Gasteiger partial charge in [-0.25, -0.2) is 9.99 Å². The number of benzene rings is 3. The highest BCUT2D eigenvalue weighted by molar-refractivity contribution is 8.01. The lowest BCUT2D eigenvalue weighted by Crippen LogP contribution is -2.28. The highest BCUT2D eigenvalue weighted by atomic mass is 32.2. The van der Waals surface area contributed by atoms with E-state index in [1.807, 2.05) is 0 Å². The Morgan fingerprint density at radius 2 is 1.22 bits per heavy atom. The molecule has 0 saturated heterocycles. The van der Waals surface area contributed by atoms with E-state index in [0.717, 1.165) is 0 Å². The van der Waals surface area contributed by atoms with Crippen LogP contribution in [0.4, 0.5) is 17.3 Å². The van der Waals surface area contributed by atoms with Crippen LogP contribution in [0.1, 0.15) is 11.1 Å². The van der Waals surface area contributed by atoms with E-state index in [0.29, 0.717) is 5.69 Å². The van der Waals surface area contributed by atoms with Crippen molar-refractivity contribution in [3.63, 3.8) is 0 Å². The van der Waals surface area contributed by atoms with Gasteiger partial charge < -0.3 is 0 Å². The zero-order valence-corrected chi connectivity index (χ0v) is 20.0. The molecule has 0 radical (unpaired) electrons. The molecule has 184 valence electrons. The molecular weight excluding hydrogens is 506 g/mol. The Kier molecular flexibility index (Phi) is 7.07. The Morgan fingerprint density at radius 3 is 1.81 bits per heavy atom. The third-order valence-electron chi connectivity index (χ3n) is 4.84. The molecule has 0 aliphatic rings.